The van der Waals surface area contributed by atoms with Crippen molar-refractivity contribution >= 4 is 5.84 Å². The molecule has 1 aliphatic rings. The van der Waals surface area contributed by atoms with Crippen molar-refractivity contribution in [2.45, 2.75) is 25.2 Å². The van der Waals surface area contributed by atoms with E-state index in [-0.39, 0.29) is 5.41 Å². The second kappa shape index (κ2) is 3.45. The van der Waals surface area contributed by atoms with Gasteiger partial charge in [0.2, 0.25) is 0 Å². The third-order valence-electron chi connectivity index (χ3n) is 2.90. The summed E-state index contributed by atoms with van der Waals surface area (Å²) in [5, 5.41) is 0. The molecule has 2 nitrogen and oxygen atoms in total. The molecule has 2 rings (SSSR count). The maximum Gasteiger partial charge on any atom is 0.104 e. The highest BCUT2D eigenvalue weighted by Crippen LogP contribution is 2.48. The number of rotatable bonds is 3. The fourth-order valence-corrected chi connectivity index (χ4v) is 1.90. The molecular formula is C12H16N2. The van der Waals surface area contributed by atoms with E-state index in [1.807, 2.05) is 13.0 Å². The van der Waals surface area contributed by atoms with E-state index in [2.05, 4.69) is 29.3 Å². The fraction of sp³-hybridized carbons (Fsp3) is 0.417. The van der Waals surface area contributed by atoms with Crippen molar-refractivity contribution in [3.8, 4) is 0 Å². The smallest absolute Gasteiger partial charge is 0.104 e. The van der Waals surface area contributed by atoms with Crippen molar-refractivity contribution in [2.75, 3.05) is 6.54 Å². The van der Waals surface area contributed by atoms with Crippen LogP contribution in [0.5, 0.6) is 0 Å². The van der Waals surface area contributed by atoms with Gasteiger partial charge in [-0.05, 0) is 25.3 Å². The van der Waals surface area contributed by atoms with E-state index < -0.39 is 0 Å². The summed E-state index contributed by atoms with van der Waals surface area (Å²) in [4.78, 5) is 4.33. The second-order valence-electron chi connectivity index (χ2n) is 3.81. The predicted molar refractivity (Wildman–Crippen MR) is 59.5 cm³/mol. The summed E-state index contributed by atoms with van der Waals surface area (Å²) in [6.07, 6.45) is 2.29. The summed E-state index contributed by atoms with van der Waals surface area (Å²) in [5.41, 5.74) is 7.40. The number of nitrogens with zero attached hydrogens (tertiary/aromatic N) is 1. The minimum atomic E-state index is 0.0806. The highest BCUT2D eigenvalue weighted by atomic mass is 14.9. The second-order valence-corrected chi connectivity index (χ2v) is 3.81. The molecule has 2 heteroatoms. The zero-order valence-electron chi connectivity index (χ0n) is 8.53. The molecule has 1 aromatic rings. The predicted octanol–water partition coefficient (Wildman–Crippen LogP) is 2.10. The molecule has 14 heavy (non-hydrogen) atoms. The van der Waals surface area contributed by atoms with Gasteiger partial charge >= 0.3 is 0 Å². The normalized spacial score (nSPS) is 19.4. The van der Waals surface area contributed by atoms with Gasteiger partial charge in [-0.1, -0.05) is 30.3 Å². The first-order valence-corrected chi connectivity index (χ1v) is 5.15. The molecule has 0 aliphatic heterocycles. The van der Waals surface area contributed by atoms with Crippen molar-refractivity contribution in [2.24, 2.45) is 10.7 Å². The van der Waals surface area contributed by atoms with E-state index in [9.17, 15) is 0 Å². The third-order valence-corrected chi connectivity index (χ3v) is 2.90. The number of aliphatic imine (C=N–C) groups is 1. The lowest BCUT2D eigenvalue weighted by atomic mass is 9.95. The van der Waals surface area contributed by atoms with Crippen LogP contribution >= 0.6 is 0 Å². The van der Waals surface area contributed by atoms with Gasteiger partial charge < -0.3 is 5.73 Å². The standard InChI is InChI=1S/C12H16N2/c1-2-14-11(13)12(8-9-12)10-6-4-3-5-7-10/h3-7H,2,8-9H2,1H3,(H2,13,14). The zero-order chi connectivity index (χ0) is 10.0. The third kappa shape index (κ3) is 1.41. The topological polar surface area (TPSA) is 38.4 Å². The number of hydrogen-bond acceptors (Lipinski definition) is 1. The summed E-state index contributed by atoms with van der Waals surface area (Å²) in [6, 6.07) is 10.5. The molecule has 0 heterocycles. The van der Waals surface area contributed by atoms with Gasteiger partial charge in [0.1, 0.15) is 5.84 Å². The quantitative estimate of drug-likeness (QED) is 0.572. The van der Waals surface area contributed by atoms with Crippen LogP contribution < -0.4 is 5.73 Å². The lowest BCUT2D eigenvalue weighted by Gasteiger charge is -2.14. The van der Waals surface area contributed by atoms with Crippen LogP contribution in [0.15, 0.2) is 35.3 Å². The highest BCUT2D eigenvalue weighted by Gasteiger charge is 2.47. The molecule has 1 aliphatic carbocycles. The van der Waals surface area contributed by atoms with Crippen molar-refractivity contribution in [1.29, 1.82) is 0 Å². The lowest BCUT2D eigenvalue weighted by Crippen LogP contribution is -2.29. The van der Waals surface area contributed by atoms with Crippen LogP contribution in [0.2, 0.25) is 0 Å². The Labute approximate surface area is 84.9 Å². The molecule has 0 unspecified atom stereocenters. The van der Waals surface area contributed by atoms with Crippen molar-refractivity contribution in [3.63, 3.8) is 0 Å². The molecule has 1 saturated carbocycles. The molecule has 74 valence electrons. The number of amidine groups is 1. The summed E-state index contributed by atoms with van der Waals surface area (Å²) in [7, 11) is 0. The first-order chi connectivity index (χ1) is 6.79. The van der Waals surface area contributed by atoms with Crippen molar-refractivity contribution < 1.29 is 0 Å². The molecule has 0 spiro atoms. The minimum absolute atomic E-state index is 0.0806. The van der Waals surface area contributed by atoms with Gasteiger partial charge in [0.05, 0.1) is 5.41 Å². The molecule has 0 aromatic heterocycles. The van der Waals surface area contributed by atoms with Crippen molar-refractivity contribution in [3.05, 3.63) is 35.9 Å². The summed E-state index contributed by atoms with van der Waals surface area (Å²) in [5.74, 6) is 0.811. The van der Waals surface area contributed by atoms with Gasteiger partial charge in [-0.3, -0.25) is 4.99 Å². The Morgan fingerprint density at radius 1 is 1.36 bits per heavy atom. The van der Waals surface area contributed by atoms with Gasteiger partial charge in [0, 0.05) is 6.54 Å². The number of benzene rings is 1. The Balaban J connectivity index is 2.30. The molecule has 0 radical (unpaired) electrons. The van der Waals surface area contributed by atoms with Gasteiger partial charge in [0.15, 0.2) is 0 Å². The van der Waals surface area contributed by atoms with E-state index in [0.717, 1.165) is 25.2 Å². The van der Waals surface area contributed by atoms with E-state index in [4.69, 9.17) is 5.73 Å². The van der Waals surface area contributed by atoms with E-state index >= 15 is 0 Å². The van der Waals surface area contributed by atoms with Gasteiger partial charge in [-0.25, -0.2) is 0 Å². The van der Waals surface area contributed by atoms with Crippen LogP contribution in [-0.4, -0.2) is 12.4 Å². The van der Waals surface area contributed by atoms with Crippen LogP contribution in [0.1, 0.15) is 25.3 Å². The maximum atomic E-state index is 6.01. The maximum absolute atomic E-state index is 6.01. The number of nitrogens with two attached hydrogens (primary N) is 1. The SMILES string of the molecule is CCN=C(N)C1(c2ccccc2)CC1. The first-order valence-electron chi connectivity index (χ1n) is 5.15. The molecule has 0 bridgehead atoms. The van der Waals surface area contributed by atoms with Crippen LogP contribution in [0.3, 0.4) is 0 Å². The fourth-order valence-electron chi connectivity index (χ4n) is 1.90. The molecule has 1 aromatic carbocycles. The molecule has 1 fully saturated rings. The van der Waals surface area contributed by atoms with Crippen LogP contribution in [0.4, 0.5) is 0 Å². The largest absolute Gasteiger partial charge is 0.387 e. The Morgan fingerprint density at radius 3 is 2.50 bits per heavy atom. The van der Waals surface area contributed by atoms with Gasteiger partial charge in [-0.15, -0.1) is 0 Å². The van der Waals surface area contributed by atoms with Gasteiger partial charge in [-0.2, -0.15) is 0 Å². The Hall–Kier alpha value is -1.31. The summed E-state index contributed by atoms with van der Waals surface area (Å²) >= 11 is 0. The van der Waals surface area contributed by atoms with Crippen LogP contribution in [0.25, 0.3) is 0 Å². The van der Waals surface area contributed by atoms with E-state index in [1.54, 1.807) is 0 Å². The zero-order valence-corrected chi connectivity index (χ0v) is 8.53. The Bertz CT molecular complexity index is 337. The average Bonchev–Trinajstić information content (AvgIpc) is 3.00. The lowest BCUT2D eigenvalue weighted by molar-refractivity contribution is 0.914. The molecule has 0 saturated heterocycles. The molecule has 0 amide bonds. The Morgan fingerprint density at radius 2 is 2.00 bits per heavy atom. The minimum Gasteiger partial charge on any atom is -0.387 e. The molecule has 0 atom stereocenters. The highest BCUT2D eigenvalue weighted by molar-refractivity contribution is 5.94. The average molecular weight is 188 g/mol. The summed E-state index contributed by atoms with van der Waals surface area (Å²) in [6.45, 7) is 2.80. The molecule has 2 N–H and O–H groups in total. The van der Waals surface area contributed by atoms with Crippen LogP contribution in [0, 0.1) is 0 Å². The first kappa shape index (κ1) is 9.25. The van der Waals surface area contributed by atoms with Gasteiger partial charge in [0.25, 0.3) is 0 Å². The van der Waals surface area contributed by atoms with Crippen LogP contribution in [-0.2, 0) is 5.41 Å². The Kier molecular flexibility index (Phi) is 2.28. The monoisotopic (exact) mass is 188 g/mol. The van der Waals surface area contributed by atoms with E-state index in [1.165, 1.54) is 5.56 Å². The van der Waals surface area contributed by atoms with Crippen molar-refractivity contribution in [1.82, 2.24) is 0 Å². The molecular weight excluding hydrogens is 172 g/mol. The van der Waals surface area contributed by atoms with E-state index in [0.29, 0.717) is 0 Å². The number of hydrogen-bond donors (Lipinski definition) is 1. The summed E-state index contributed by atoms with van der Waals surface area (Å²) < 4.78 is 0.